The van der Waals surface area contributed by atoms with Crippen LogP contribution in [0.25, 0.3) is 0 Å². The third-order valence-electron chi connectivity index (χ3n) is 7.89. The van der Waals surface area contributed by atoms with Crippen LogP contribution >= 0.6 is 13.5 Å². The van der Waals surface area contributed by atoms with E-state index >= 15 is 0 Å². The summed E-state index contributed by atoms with van der Waals surface area (Å²) in [4.78, 5) is 11.4. The van der Waals surface area contributed by atoms with Crippen molar-refractivity contribution in [2.45, 2.75) is 70.6 Å². The maximum atomic E-state index is 14.7. The molecule has 4 atom stereocenters. The van der Waals surface area contributed by atoms with Gasteiger partial charge in [0, 0.05) is 0 Å². The van der Waals surface area contributed by atoms with Crippen LogP contribution in [0.15, 0.2) is 42.5 Å². The van der Waals surface area contributed by atoms with Crippen molar-refractivity contribution in [2.24, 2.45) is 23.7 Å². The van der Waals surface area contributed by atoms with Crippen LogP contribution in [-0.2, 0) is 4.79 Å². The second-order valence-electron chi connectivity index (χ2n) is 11.0. The van der Waals surface area contributed by atoms with Gasteiger partial charge in [-0.25, -0.2) is 4.39 Å². The third kappa shape index (κ3) is 7.41. The standard InChI is InChI=1S/C30H39FO4.H2S/c1-19(2)13-24-14-22(28-16-25(34-3)11-12-29(28)31)9-10-23(24)18-35-26-6-4-5-21(15-26)27(17-30(32)33)20-7-8-20;/h4-6,11-12,15-16,19-20,22-24,27H,7-10,13-14,17-18H2,1-3H3,(H,32,33);1H2/t22?,23?,24?,27-;/m0./s1. The topological polar surface area (TPSA) is 55.8 Å². The summed E-state index contributed by atoms with van der Waals surface area (Å²) in [6.07, 6.45) is 6.39. The minimum atomic E-state index is -0.742. The van der Waals surface area contributed by atoms with Gasteiger partial charge in [-0.1, -0.05) is 26.0 Å². The summed E-state index contributed by atoms with van der Waals surface area (Å²) >= 11 is 0. The molecular formula is C30H41FO4S. The lowest BCUT2D eigenvalue weighted by atomic mass is 9.69. The van der Waals surface area contributed by atoms with E-state index in [9.17, 15) is 14.3 Å². The molecule has 0 amide bonds. The normalized spacial score (nSPS) is 22.5. The van der Waals surface area contributed by atoms with E-state index in [-0.39, 0.29) is 37.6 Å². The lowest BCUT2D eigenvalue weighted by molar-refractivity contribution is -0.137. The van der Waals surface area contributed by atoms with Gasteiger partial charge >= 0.3 is 5.97 Å². The summed E-state index contributed by atoms with van der Waals surface area (Å²) in [6, 6.07) is 13.1. The van der Waals surface area contributed by atoms with E-state index in [0.717, 1.165) is 55.4 Å². The number of carboxylic acids is 1. The molecule has 0 radical (unpaired) electrons. The molecule has 0 spiro atoms. The SMILES string of the molecule is COc1ccc(F)c(C2CCC(COc3cccc([C@@H](CC(=O)O)C4CC4)c3)C(CC(C)C)C2)c1.S. The van der Waals surface area contributed by atoms with Crippen molar-refractivity contribution in [1.82, 2.24) is 0 Å². The number of ether oxygens (including phenoxy) is 2. The number of rotatable bonds is 11. The largest absolute Gasteiger partial charge is 0.497 e. The van der Waals surface area contributed by atoms with Crippen LogP contribution in [0.3, 0.4) is 0 Å². The summed E-state index contributed by atoms with van der Waals surface area (Å²) in [5, 5.41) is 9.35. The van der Waals surface area contributed by atoms with Gasteiger partial charge in [0.05, 0.1) is 20.1 Å². The fourth-order valence-electron chi connectivity index (χ4n) is 5.97. The van der Waals surface area contributed by atoms with Gasteiger partial charge in [-0.05, 0) is 115 Å². The van der Waals surface area contributed by atoms with Crippen molar-refractivity contribution < 1.29 is 23.8 Å². The van der Waals surface area contributed by atoms with Crippen molar-refractivity contribution in [3.63, 3.8) is 0 Å². The zero-order valence-electron chi connectivity index (χ0n) is 21.7. The summed E-state index contributed by atoms with van der Waals surface area (Å²) < 4.78 is 26.3. The smallest absolute Gasteiger partial charge is 0.303 e. The Hall–Kier alpha value is -2.21. The van der Waals surface area contributed by atoms with Gasteiger partial charge in [-0.15, -0.1) is 0 Å². The molecule has 2 aromatic carbocycles. The highest BCUT2D eigenvalue weighted by atomic mass is 32.1. The number of carboxylic acid groups (broad SMARTS) is 1. The fraction of sp³-hybridized carbons (Fsp3) is 0.567. The van der Waals surface area contributed by atoms with Gasteiger partial charge in [-0.2, -0.15) is 13.5 Å². The highest BCUT2D eigenvalue weighted by Crippen LogP contribution is 2.46. The Morgan fingerprint density at radius 3 is 2.50 bits per heavy atom. The van der Waals surface area contributed by atoms with Crippen molar-refractivity contribution >= 4 is 19.5 Å². The molecule has 4 rings (SSSR count). The molecule has 2 aliphatic carbocycles. The van der Waals surface area contributed by atoms with Gasteiger partial charge in [0.1, 0.15) is 17.3 Å². The quantitative estimate of drug-likeness (QED) is 0.335. The monoisotopic (exact) mass is 516 g/mol. The van der Waals surface area contributed by atoms with E-state index in [4.69, 9.17) is 9.47 Å². The van der Waals surface area contributed by atoms with E-state index < -0.39 is 5.97 Å². The predicted molar refractivity (Wildman–Crippen MR) is 146 cm³/mol. The van der Waals surface area contributed by atoms with Gasteiger partial charge in [0.25, 0.3) is 0 Å². The Kier molecular flexibility index (Phi) is 10.1. The highest BCUT2D eigenvalue weighted by Gasteiger charge is 2.35. The van der Waals surface area contributed by atoms with Crippen LogP contribution in [0.1, 0.15) is 81.8 Å². The molecule has 2 aromatic rings. The van der Waals surface area contributed by atoms with E-state index in [1.54, 1.807) is 13.2 Å². The van der Waals surface area contributed by atoms with E-state index in [1.165, 1.54) is 6.07 Å². The van der Waals surface area contributed by atoms with Crippen molar-refractivity contribution in [1.29, 1.82) is 0 Å². The second kappa shape index (κ2) is 12.8. The Morgan fingerprint density at radius 2 is 1.83 bits per heavy atom. The molecule has 0 aliphatic heterocycles. The third-order valence-corrected chi connectivity index (χ3v) is 7.89. The highest BCUT2D eigenvalue weighted by molar-refractivity contribution is 7.59. The first kappa shape index (κ1) is 28.4. The average Bonchev–Trinajstić information content (AvgIpc) is 3.67. The molecule has 6 heteroatoms. The van der Waals surface area contributed by atoms with Crippen LogP contribution in [0, 0.1) is 29.5 Å². The van der Waals surface area contributed by atoms with Gasteiger partial charge < -0.3 is 14.6 Å². The molecule has 36 heavy (non-hydrogen) atoms. The summed E-state index contributed by atoms with van der Waals surface area (Å²) in [7, 11) is 1.62. The van der Waals surface area contributed by atoms with Crippen LogP contribution in [0.5, 0.6) is 11.5 Å². The maximum absolute atomic E-state index is 14.7. The first-order chi connectivity index (χ1) is 16.8. The molecule has 0 aromatic heterocycles. The molecule has 2 aliphatic rings. The lowest BCUT2D eigenvalue weighted by Crippen LogP contribution is -2.30. The minimum Gasteiger partial charge on any atom is -0.497 e. The van der Waals surface area contributed by atoms with Crippen molar-refractivity contribution in [3.05, 3.63) is 59.4 Å². The molecule has 0 saturated heterocycles. The molecular weight excluding hydrogens is 475 g/mol. The number of halogens is 1. The molecule has 3 unspecified atom stereocenters. The second-order valence-corrected chi connectivity index (χ2v) is 11.0. The van der Waals surface area contributed by atoms with Gasteiger partial charge in [0.15, 0.2) is 0 Å². The predicted octanol–water partition coefficient (Wildman–Crippen LogP) is 7.54. The van der Waals surface area contributed by atoms with Crippen molar-refractivity contribution in [3.8, 4) is 11.5 Å². The molecule has 198 valence electrons. The molecule has 1 N–H and O–H groups in total. The number of aliphatic carboxylic acids is 1. The number of methoxy groups -OCH3 is 1. The number of benzene rings is 2. The zero-order valence-corrected chi connectivity index (χ0v) is 22.7. The minimum absolute atomic E-state index is 0. The molecule has 0 bridgehead atoms. The van der Waals surface area contributed by atoms with E-state index in [2.05, 4.69) is 13.8 Å². The van der Waals surface area contributed by atoms with Crippen molar-refractivity contribution in [2.75, 3.05) is 13.7 Å². The average molecular weight is 517 g/mol. The Labute approximate surface area is 222 Å². The molecule has 0 heterocycles. The first-order valence-corrected chi connectivity index (χ1v) is 13.1. The van der Waals surface area contributed by atoms with E-state index in [1.807, 2.05) is 30.3 Å². The first-order valence-electron chi connectivity index (χ1n) is 13.1. The number of hydrogen-bond donors (Lipinski definition) is 1. The summed E-state index contributed by atoms with van der Waals surface area (Å²) in [6.45, 7) is 5.14. The molecule has 2 fully saturated rings. The molecule has 4 nitrogen and oxygen atoms in total. The Balaban J connectivity index is 0.00000361. The fourth-order valence-corrected chi connectivity index (χ4v) is 5.97. The van der Waals surface area contributed by atoms with Crippen LogP contribution in [-0.4, -0.2) is 24.8 Å². The zero-order chi connectivity index (χ0) is 24.9. The van der Waals surface area contributed by atoms with Crippen LogP contribution < -0.4 is 9.47 Å². The Morgan fingerprint density at radius 1 is 1.06 bits per heavy atom. The Bertz CT molecular complexity index is 1010. The van der Waals surface area contributed by atoms with Crippen LogP contribution in [0.4, 0.5) is 4.39 Å². The lowest BCUT2D eigenvalue weighted by Gasteiger charge is -2.37. The maximum Gasteiger partial charge on any atom is 0.303 e. The van der Waals surface area contributed by atoms with Crippen LogP contribution in [0.2, 0.25) is 0 Å². The summed E-state index contributed by atoms with van der Waals surface area (Å²) in [5.74, 6) is 2.84. The number of carbonyl (C=O) groups is 1. The number of hydrogen-bond acceptors (Lipinski definition) is 3. The van der Waals surface area contributed by atoms with Gasteiger partial charge in [-0.3, -0.25) is 4.79 Å². The van der Waals surface area contributed by atoms with Gasteiger partial charge in [0.2, 0.25) is 0 Å². The van der Waals surface area contributed by atoms with E-state index in [0.29, 0.717) is 36.0 Å². The molecule has 2 saturated carbocycles. The summed E-state index contributed by atoms with van der Waals surface area (Å²) in [5.41, 5.74) is 1.85.